The second kappa shape index (κ2) is 23.6. The van der Waals surface area contributed by atoms with Crippen LogP contribution in [-0.4, -0.2) is 170 Å². The minimum Gasteiger partial charge on any atom is -0.497 e. The average molecular weight is 1210 g/mol. The van der Waals surface area contributed by atoms with Gasteiger partial charge >= 0.3 is 68.4 Å². The molecular formula is C37H44O33S6. The number of carboxylic acid groups (broad SMARTS) is 1. The first-order valence-electron chi connectivity index (χ1n) is 20.6. The average Bonchev–Trinajstić information content (AvgIpc) is 3.24. The van der Waals surface area contributed by atoms with Gasteiger partial charge in [0.2, 0.25) is 11.2 Å². The first-order valence-corrected chi connectivity index (χ1v) is 28.8. The maximum atomic E-state index is 14.5. The van der Waals surface area contributed by atoms with Crippen LogP contribution in [0.2, 0.25) is 0 Å². The van der Waals surface area contributed by atoms with Crippen LogP contribution in [0, 0.1) is 0 Å². The van der Waals surface area contributed by atoms with E-state index in [0.717, 1.165) is 26.0 Å². The van der Waals surface area contributed by atoms with Crippen molar-refractivity contribution in [1.82, 2.24) is 0 Å². The summed E-state index contributed by atoms with van der Waals surface area (Å²) in [6.07, 6.45) is -22.9. The van der Waals surface area contributed by atoms with Crippen molar-refractivity contribution in [2.45, 2.75) is 87.7 Å². The second-order valence-corrected chi connectivity index (χ2v) is 22.4. The molecule has 0 spiro atoms. The van der Waals surface area contributed by atoms with E-state index < -0.39 is 189 Å². The fourth-order valence-corrected chi connectivity index (χ4v) is 10.9. The first kappa shape index (κ1) is 62.0. The molecule has 2 aromatic carbocycles. The Morgan fingerprint density at radius 3 is 1.33 bits per heavy atom. The van der Waals surface area contributed by atoms with Crippen molar-refractivity contribution in [1.29, 1.82) is 0 Å². The van der Waals surface area contributed by atoms with Crippen LogP contribution in [0.4, 0.5) is 0 Å². The smallest absolute Gasteiger partial charge is 0.397 e. The number of rotatable bonds is 25. The Morgan fingerprint density at radius 1 is 0.566 bits per heavy atom. The lowest BCUT2D eigenvalue weighted by Crippen LogP contribution is -2.60. The molecule has 0 radical (unpaired) electrons. The maximum absolute atomic E-state index is 14.5. The Labute approximate surface area is 431 Å². The highest BCUT2D eigenvalue weighted by Crippen LogP contribution is 2.38. The lowest BCUT2D eigenvalue weighted by atomic mass is 9.92. The summed E-state index contributed by atoms with van der Waals surface area (Å²) >= 11 is 0. The molecule has 5 rings (SSSR count). The molecule has 0 unspecified atom stereocenters. The summed E-state index contributed by atoms with van der Waals surface area (Å²) in [5.41, 5.74) is -2.48. The van der Waals surface area contributed by atoms with Crippen molar-refractivity contribution in [3.05, 3.63) is 76.7 Å². The maximum Gasteiger partial charge on any atom is 0.397 e. The Morgan fingerprint density at radius 2 is 0.947 bits per heavy atom. The highest BCUT2D eigenvalue weighted by molar-refractivity contribution is 7.82. The number of benzene rings is 2. The van der Waals surface area contributed by atoms with Gasteiger partial charge in [0.25, 0.3) is 0 Å². The summed E-state index contributed by atoms with van der Waals surface area (Å²) in [6.45, 7) is 8.11. The van der Waals surface area contributed by atoms with Crippen LogP contribution in [-0.2, 0) is 97.0 Å². The molecule has 3 aromatic rings. The molecule has 2 saturated heterocycles. The molecule has 2 fully saturated rings. The van der Waals surface area contributed by atoms with Gasteiger partial charge in [0.1, 0.15) is 78.1 Å². The highest BCUT2D eigenvalue weighted by Gasteiger charge is 2.53. The predicted molar refractivity (Wildman–Crippen MR) is 247 cm³/mol. The number of carbonyl (C=O) groups is 1. The summed E-state index contributed by atoms with van der Waals surface area (Å²) in [6, 6.07) is 7.41. The molecule has 0 saturated carbocycles. The third-order valence-electron chi connectivity index (χ3n) is 10.5. The molecule has 76 heavy (non-hydrogen) atoms. The normalized spacial score (nSPS) is 24.9. The van der Waals surface area contributed by atoms with Gasteiger partial charge in [-0.1, -0.05) is 25.3 Å². The zero-order valence-corrected chi connectivity index (χ0v) is 43.6. The molecule has 0 amide bonds. The fourth-order valence-electron chi connectivity index (χ4n) is 7.76. The van der Waals surface area contributed by atoms with Gasteiger partial charge in [-0.2, -0.15) is 50.5 Å². The van der Waals surface area contributed by atoms with Crippen molar-refractivity contribution < 1.29 is 141 Å². The molecule has 1 aromatic heterocycles. The summed E-state index contributed by atoms with van der Waals surface area (Å²) in [5, 5.41) is 9.75. The van der Waals surface area contributed by atoms with Gasteiger partial charge in [-0.05, 0) is 42.7 Å². The Hall–Kier alpha value is -4.86. The van der Waals surface area contributed by atoms with Crippen LogP contribution in [0.1, 0.15) is 37.2 Å². The largest absolute Gasteiger partial charge is 0.497 e. The van der Waals surface area contributed by atoms with Gasteiger partial charge in [-0.25, -0.2) is 29.9 Å². The van der Waals surface area contributed by atoms with Crippen LogP contribution in [0.5, 0.6) is 17.2 Å². The molecule has 3 heterocycles. The molecular weight excluding hydrogens is 1160 g/mol. The van der Waals surface area contributed by atoms with Crippen molar-refractivity contribution in [2.24, 2.45) is 0 Å². The van der Waals surface area contributed by atoms with Crippen molar-refractivity contribution >= 4 is 79.3 Å². The van der Waals surface area contributed by atoms with Crippen molar-refractivity contribution in [2.75, 3.05) is 20.3 Å². The number of methoxy groups -OCH3 is 1. The van der Waals surface area contributed by atoms with E-state index in [4.69, 9.17) is 28.1 Å². The lowest BCUT2D eigenvalue weighted by molar-refractivity contribution is -0.195. The number of ether oxygens (including phenoxy) is 5. The molecule has 39 heteroatoms. The predicted octanol–water partition coefficient (Wildman–Crippen LogP) is 0.520. The fraction of sp³-hybridized carbons (Fsp3) is 0.459. The van der Waals surface area contributed by atoms with E-state index in [9.17, 15) is 92.5 Å². The van der Waals surface area contributed by atoms with Crippen LogP contribution in [0.25, 0.3) is 22.1 Å². The second-order valence-electron chi connectivity index (χ2n) is 16.1. The molecule has 0 aliphatic carbocycles. The minimum atomic E-state index is -5.65. The van der Waals surface area contributed by atoms with E-state index in [1.165, 1.54) is 31.4 Å². The number of aromatic carboxylic acids is 1. The number of hydrogen-bond acceptors (Lipinski definition) is 26. The van der Waals surface area contributed by atoms with Gasteiger partial charge in [0.15, 0.2) is 0 Å². The van der Waals surface area contributed by atoms with Gasteiger partial charge in [0, 0.05) is 25.0 Å². The van der Waals surface area contributed by atoms with Gasteiger partial charge in [-0.3, -0.25) is 32.1 Å². The van der Waals surface area contributed by atoms with Crippen molar-refractivity contribution in [3.8, 4) is 28.4 Å². The molecule has 426 valence electrons. The first-order chi connectivity index (χ1) is 34.7. The topological polar surface area (TPSA) is 495 Å². The molecule has 7 N–H and O–H groups in total. The molecule has 10 atom stereocenters. The third-order valence-corrected chi connectivity index (χ3v) is 13.3. The third kappa shape index (κ3) is 17.6. The molecule has 33 nitrogen and oxygen atoms in total. The van der Waals surface area contributed by atoms with Crippen molar-refractivity contribution in [3.63, 3.8) is 0 Å². The number of fused-ring (bicyclic) bond motifs is 1. The zero-order valence-electron chi connectivity index (χ0n) is 38.7. The van der Waals surface area contributed by atoms with E-state index in [1.54, 1.807) is 0 Å². The molecule has 2 aliphatic rings. The number of carboxylic acids is 1. The molecule has 2 aliphatic heterocycles. The zero-order chi connectivity index (χ0) is 57.3. The standard InChI is InChI=1S/C37H44O33S6/c1-16(10-25-32(67-73(47,48)49)35(69-75(53,54)55)30(18(3)62-25)65-71(41,42)43)14-60-22-12-23(28-24(13-22)64-34(37(39)40)27(29(28)38)20-6-8-21(59-5)9-7-20)61-15-17(2)11-26-33(68-74(50,51)52)36(70-76(56,57)58)31(19(4)63-26)66-72(44,45)46/h6-9,12-13,18-19,25-26,30-33,35-36H,1-2,10-11,14-15H2,3-5H3,(H,39,40)(H,41,42,43)(H,44,45,46)(H,47,48,49)(H,50,51,52)(H,53,54,55)(H,56,57,58)/t18-,19-,25-,26-,30+,31+,32+,33+,35+,36+/m0/s1. The Bertz CT molecular complexity index is 3450. The Balaban J connectivity index is 1.53. The van der Waals surface area contributed by atoms with Gasteiger partial charge in [0.05, 0.1) is 37.1 Å². The van der Waals surface area contributed by atoms with Crippen LogP contribution in [0.3, 0.4) is 0 Å². The quantitative estimate of drug-likeness (QED) is 0.0449. The van der Waals surface area contributed by atoms with E-state index in [0.29, 0.717) is 5.75 Å². The van der Waals surface area contributed by atoms with Gasteiger partial charge in [-0.15, -0.1) is 0 Å². The van der Waals surface area contributed by atoms with E-state index in [2.05, 4.69) is 38.3 Å². The van der Waals surface area contributed by atoms with E-state index >= 15 is 0 Å². The SMILES string of the molecule is C=C(COc1cc(OCC(=C)C[C@@H]2O[C@@H](C)[C@@H](OS(=O)(=O)O)[C@@H](OS(=O)(=O)O)[C@@H]2OS(=O)(=O)O)c2c(=O)c(-c3ccc(OC)cc3)c(C(=O)O)oc2c1)C[C@@H]1O[C@@H](C)[C@@H](OS(=O)(=O)O)[C@@H](OS(=O)(=O)O)[C@@H]1OS(=O)(=O)O. The summed E-state index contributed by atoms with van der Waals surface area (Å²) in [5.74, 6) is -3.24. The van der Waals surface area contributed by atoms with Crippen LogP contribution in [0.15, 0.2) is 69.9 Å². The summed E-state index contributed by atoms with van der Waals surface area (Å²) in [4.78, 5) is 27.1. The summed E-state index contributed by atoms with van der Waals surface area (Å²) < 4.78 is 259. The van der Waals surface area contributed by atoms with Gasteiger partial charge < -0.3 is 33.2 Å². The summed E-state index contributed by atoms with van der Waals surface area (Å²) in [7, 11) is -32.2. The van der Waals surface area contributed by atoms with Crippen LogP contribution < -0.4 is 19.6 Å². The van der Waals surface area contributed by atoms with E-state index in [-0.39, 0.29) is 22.5 Å². The monoisotopic (exact) mass is 1210 g/mol. The lowest BCUT2D eigenvalue weighted by Gasteiger charge is -2.43. The highest BCUT2D eigenvalue weighted by atomic mass is 32.3. The van der Waals surface area contributed by atoms with Crippen LogP contribution >= 0.6 is 0 Å². The Kier molecular flexibility index (Phi) is 19.3. The minimum absolute atomic E-state index is 0.0112. The number of hydrogen-bond donors (Lipinski definition) is 7. The molecule has 0 bridgehead atoms. The van der Waals surface area contributed by atoms with E-state index in [1.807, 2.05) is 0 Å².